The lowest BCUT2D eigenvalue weighted by molar-refractivity contribution is 0.102. The molecule has 0 aromatic heterocycles. The Morgan fingerprint density at radius 3 is 2.18 bits per heavy atom. The van der Waals surface area contributed by atoms with E-state index in [4.69, 9.17) is 39.9 Å². The standard InChI is InChI=1S/C13H9Cl3N2O3S/c14-9-4-2-8(6-11(9)16)18-13(19)7-1-3-10(15)12(5-7)22(17,20)21/h1-6H,(H,18,19)(H2,17,20,21). The molecule has 5 nitrogen and oxygen atoms in total. The fourth-order valence-corrected chi connectivity index (χ4v) is 3.01. The molecule has 0 unspecified atom stereocenters. The Bertz CT molecular complexity index is 854. The van der Waals surface area contributed by atoms with Gasteiger partial charge in [-0.05, 0) is 36.4 Å². The molecule has 3 N–H and O–H groups in total. The van der Waals surface area contributed by atoms with Gasteiger partial charge in [0.1, 0.15) is 4.90 Å². The number of anilines is 1. The average Bonchev–Trinajstić information content (AvgIpc) is 2.42. The molecule has 0 saturated heterocycles. The van der Waals surface area contributed by atoms with Gasteiger partial charge in [-0.1, -0.05) is 34.8 Å². The largest absolute Gasteiger partial charge is 0.322 e. The Balaban J connectivity index is 2.32. The number of hydrogen-bond acceptors (Lipinski definition) is 3. The zero-order chi connectivity index (χ0) is 16.5. The van der Waals surface area contributed by atoms with Crippen LogP contribution >= 0.6 is 34.8 Å². The number of nitrogens with two attached hydrogens (primary N) is 1. The van der Waals surface area contributed by atoms with Crippen molar-refractivity contribution in [2.24, 2.45) is 5.14 Å². The Kier molecular flexibility index (Phi) is 4.99. The summed E-state index contributed by atoms with van der Waals surface area (Å²) < 4.78 is 22.8. The van der Waals surface area contributed by atoms with Gasteiger partial charge in [-0.25, -0.2) is 13.6 Å². The third-order valence-electron chi connectivity index (χ3n) is 2.68. The van der Waals surface area contributed by atoms with Gasteiger partial charge in [0, 0.05) is 11.3 Å². The van der Waals surface area contributed by atoms with Gasteiger partial charge in [0.15, 0.2) is 0 Å². The maximum atomic E-state index is 12.1. The monoisotopic (exact) mass is 378 g/mol. The molecule has 0 saturated carbocycles. The van der Waals surface area contributed by atoms with Crippen LogP contribution in [0.3, 0.4) is 0 Å². The van der Waals surface area contributed by atoms with Crippen LogP contribution in [0.2, 0.25) is 15.1 Å². The number of halogens is 3. The summed E-state index contributed by atoms with van der Waals surface area (Å²) in [5.74, 6) is -0.542. The predicted molar refractivity (Wildman–Crippen MR) is 87.2 cm³/mol. The maximum absolute atomic E-state index is 12.1. The van der Waals surface area contributed by atoms with Crippen molar-refractivity contribution in [2.75, 3.05) is 5.32 Å². The molecule has 0 aliphatic carbocycles. The molecule has 0 spiro atoms. The quantitative estimate of drug-likeness (QED) is 0.854. The lowest BCUT2D eigenvalue weighted by Gasteiger charge is -2.08. The summed E-state index contributed by atoms with van der Waals surface area (Å²) in [6.07, 6.45) is 0. The van der Waals surface area contributed by atoms with Gasteiger partial charge < -0.3 is 5.32 Å². The Hall–Kier alpha value is -1.31. The van der Waals surface area contributed by atoms with Gasteiger partial charge in [0.25, 0.3) is 5.91 Å². The second-order valence-electron chi connectivity index (χ2n) is 4.27. The van der Waals surface area contributed by atoms with Crippen molar-refractivity contribution in [3.63, 3.8) is 0 Å². The molecule has 0 aliphatic heterocycles. The van der Waals surface area contributed by atoms with Crippen LogP contribution in [0.25, 0.3) is 0 Å². The minimum absolute atomic E-state index is 0.0615. The molecule has 2 aromatic rings. The topological polar surface area (TPSA) is 89.3 Å². The van der Waals surface area contributed by atoms with Gasteiger partial charge in [0.05, 0.1) is 15.1 Å². The van der Waals surface area contributed by atoms with E-state index in [9.17, 15) is 13.2 Å². The lowest BCUT2D eigenvalue weighted by atomic mass is 10.2. The highest BCUT2D eigenvalue weighted by molar-refractivity contribution is 7.89. The third kappa shape index (κ3) is 3.91. The number of sulfonamides is 1. The number of hydrogen-bond donors (Lipinski definition) is 2. The van der Waals surface area contributed by atoms with Crippen LogP contribution in [0.1, 0.15) is 10.4 Å². The normalized spacial score (nSPS) is 11.3. The van der Waals surface area contributed by atoms with Crippen molar-refractivity contribution in [2.45, 2.75) is 4.90 Å². The molecule has 0 fully saturated rings. The van der Waals surface area contributed by atoms with E-state index in [0.29, 0.717) is 10.7 Å². The van der Waals surface area contributed by atoms with Crippen LogP contribution in [0.15, 0.2) is 41.3 Å². The molecular weight excluding hydrogens is 371 g/mol. The summed E-state index contributed by atoms with van der Waals surface area (Å²) >= 11 is 17.4. The fourth-order valence-electron chi connectivity index (χ4n) is 1.64. The molecule has 0 bridgehead atoms. The first-order valence-electron chi connectivity index (χ1n) is 5.77. The van der Waals surface area contributed by atoms with Gasteiger partial charge in [-0.15, -0.1) is 0 Å². The lowest BCUT2D eigenvalue weighted by Crippen LogP contribution is -2.16. The molecule has 9 heteroatoms. The highest BCUT2D eigenvalue weighted by atomic mass is 35.5. The van der Waals surface area contributed by atoms with E-state index in [2.05, 4.69) is 5.32 Å². The number of nitrogens with one attached hydrogen (secondary N) is 1. The zero-order valence-electron chi connectivity index (χ0n) is 10.8. The number of carbonyl (C=O) groups is 1. The molecule has 0 radical (unpaired) electrons. The van der Waals surface area contributed by atoms with Crippen molar-refractivity contribution in [3.8, 4) is 0 Å². The molecule has 22 heavy (non-hydrogen) atoms. The van der Waals surface area contributed by atoms with Crippen molar-refractivity contribution in [1.29, 1.82) is 0 Å². The van der Waals surface area contributed by atoms with E-state index in [1.165, 1.54) is 24.3 Å². The molecule has 0 heterocycles. The highest BCUT2D eigenvalue weighted by Gasteiger charge is 2.16. The van der Waals surface area contributed by atoms with E-state index >= 15 is 0 Å². The van der Waals surface area contributed by atoms with Gasteiger partial charge in [-0.2, -0.15) is 0 Å². The molecule has 2 rings (SSSR count). The van der Waals surface area contributed by atoms with E-state index in [1.54, 1.807) is 6.07 Å². The number of benzene rings is 2. The van der Waals surface area contributed by atoms with E-state index in [-0.39, 0.29) is 20.5 Å². The summed E-state index contributed by atoms with van der Waals surface area (Å²) in [5, 5.41) is 8.17. The first kappa shape index (κ1) is 17.1. The van der Waals surface area contributed by atoms with Crippen LogP contribution in [0, 0.1) is 0 Å². The summed E-state index contributed by atoms with van der Waals surface area (Å²) in [4.78, 5) is 11.8. The van der Waals surface area contributed by atoms with E-state index in [1.807, 2.05) is 0 Å². The van der Waals surface area contributed by atoms with E-state index < -0.39 is 15.9 Å². The smallest absolute Gasteiger partial charge is 0.255 e. The number of amides is 1. The fraction of sp³-hybridized carbons (Fsp3) is 0. The van der Waals surface area contributed by atoms with Crippen LogP contribution in [-0.4, -0.2) is 14.3 Å². The second-order valence-corrected chi connectivity index (χ2v) is 7.02. The molecule has 0 atom stereocenters. The molecule has 116 valence electrons. The van der Waals surface area contributed by atoms with Gasteiger partial charge >= 0.3 is 0 Å². The molecule has 0 aliphatic rings. The number of carbonyl (C=O) groups excluding carboxylic acids is 1. The minimum Gasteiger partial charge on any atom is -0.322 e. The zero-order valence-corrected chi connectivity index (χ0v) is 13.9. The number of rotatable bonds is 3. The first-order valence-corrected chi connectivity index (χ1v) is 8.45. The summed E-state index contributed by atoms with van der Waals surface area (Å²) in [7, 11) is -4.03. The van der Waals surface area contributed by atoms with E-state index in [0.717, 1.165) is 6.07 Å². The molecular formula is C13H9Cl3N2O3S. The van der Waals surface area contributed by atoms with Gasteiger partial charge in [0.2, 0.25) is 10.0 Å². The second kappa shape index (κ2) is 6.44. The molecule has 1 amide bonds. The highest BCUT2D eigenvalue weighted by Crippen LogP contribution is 2.26. The summed E-state index contributed by atoms with van der Waals surface area (Å²) in [6, 6.07) is 8.32. The van der Waals surface area contributed by atoms with Gasteiger partial charge in [-0.3, -0.25) is 4.79 Å². The SMILES string of the molecule is NS(=O)(=O)c1cc(C(=O)Nc2ccc(Cl)c(Cl)c2)ccc1Cl. The molecule has 2 aromatic carbocycles. The minimum atomic E-state index is -4.03. The summed E-state index contributed by atoms with van der Waals surface area (Å²) in [5.41, 5.74) is 0.492. The number of primary sulfonamides is 1. The Morgan fingerprint density at radius 1 is 0.955 bits per heavy atom. The van der Waals surface area contributed by atoms with Crippen molar-refractivity contribution in [1.82, 2.24) is 0 Å². The third-order valence-corrected chi connectivity index (χ3v) is 4.81. The van der Waals surface area contributed by atoms with Crippen LogP contribution < -0.4 is 10.5 Å². The Labute approximate surface area is 142 Å². The van der Waals surface area contributed by atoms with Crippen LogP contribution in [0.4, 0.5) is 5.69 Å². The van der Waals surface area contributed by atoms with Crippen molar-refractivity contribution in [3.05, 3.63) is 57.0 Å². The maximum Gasteiger partial charge on any atom is 0.255 e. The summed E-state index contributed by atoms with van der Waals surface area (Å²) in [6.45, 7) is 0. The van der Waals surface area contributed by atoms with Crippen molar-refractivity contribution >= 4 is 56.4 Å². The predicted octanol–water partition coefficient (Wildman–Crippen LogP) is 3.55. The van der Waals surface area contributed by atoms with Crippen molar-refractivity contribution < 1.29 is 13.2 Å². The van der Waals surface area contributed by atoms with Crippen LogP contribution in [-0.2, 0) is 10.0 Å². The average molecular weight is 380 g/mol. The van der Waals surface area contributed by atoms with Crippen LogP contribution in [0.5, 0.6) is 0 Å². The Morgan fingerprint density at radius 2 is 1.59 bits per heavy atom. The first-order chi connectivity index (χ1) is 10.2.